The van der Waals surface area contributed by atoms with E-state index in [1.54, 1.807) is 63.2 Å². The molecule has 2 amide bonds. The average molecular weight is 919 g/mol. The topological polar surface area (TPSA) is 185 Å². The maximum absolute atomic E-state index is 14.8. The van der Waals surface area contributed by atoms with Crippen molar-refractivity contribution in [2.45, 2.75) is 70.4 Å². The zero-order chi connectivity index (χ0) is 48.7. The summed E-state index contributed by atoms with van der Waals surface area (Å²) in [6.07, 6.45) is 0.367. The number of fused-ring (bicyclic) bond motifs is 3. The lowest BCUT2D eigenvalue weighted by molar-refractivity contribution is -0.171. The normalized spacial score (nSPS) is 16.2. The highest BCUT2D eigenvalue weighted by Gasteiger charge is 2.58. The monoisotopic (exact) mass is 918 g/mol. The number of aryl methyl sites for hydroxylation is 1. The van der Waals surface area contributed by atoms with Crippen molar-refractivity contribution in [3.63, 3.8) is 0 Å². The minimum absolute atomic E-state index is 0.0359. The van der Waals surface area contributed by atoms with Crippen molar-refractivity contribution in [2.75, 3.05) is 53.7 Å². The summed E-state index contributed by atoms with van der Waals surface area (Å²) in [5.74, 6) is -5.46. The van der Waals surface area contributed by atoms with Gasteiger partial charge in [0.1, 0.15) is 24.6 Å². The van der Waals surface area contributed by atoms with E-state index in [9.17, 15) is 33.9 Å². The molecule has 4 aromatic rings. The van der Waals surface area contributed by atoms with Gasteiger partial charge in [-0.3, -0.25) is 9.59 Å². The van der Waals surface area contributed by atoms with E-state index >= 15 is 0 Å². The van der Waals surface area contributed by atoms with E-state index < -0.39 is 77.9 Å². The van der Waals surface area contributed by atoms with Crippen LogP contribution in [0, 0.1) is 5.41 Å². The van der Waals surface area contributed by atoms with Gasteiger partial charge in [-0.2, -0.15) is 0 Å². The van der Waals surface area contributed by atoms with E-state index in [-0.39, 0.29) is 44.2 Å². The molecule has 0 spiro atoms. The number of carboxylic acid groups (broad SMARTS) is 1. The summed E-state index contributed by atoms with van der Waals surface area (Å²) in [5.41, 5.74) is 0.397. The number of piperazine rings is 1. The number of methoxy groups -OCH3 is 2. The molecule has 4 aromatic carbocycles. The molecule has 0 aromatic heterocycles. The first-order chi connectivity index (χ1) is 31.8. The van der Waals surface area contributed by atoms with Gasteiger partial charge < -0.3 is 43.3 Å². The standard InChI is InChI=1S/C52H58N2O13/c1-9-44(55)66-32-51(5,6)46(57)47(58)54-26-25-53(49(61)65-29-40-38-19-12-10-17-36(38)37-18-11-13-20-39(37)40)31-52(54,48(59)60)41(23-21-33-22-24-42(62-7)43(27-33)63-8)34-15-14-16-35(28-34)64-30-45(56)67-50(2,3)4/h9-20,22,24,27-28,40-41H,1,21,23,25-26,29-32H2,2-8H3,(H,59,60)/t41-,52-/m1/s1. The zero-order valence-corrected chi connectivity index (χ0v) is 39.0. The van der Waals surface area contributed by atoms with Gasteiger partial charge in [0.05, 0.1) is 26.2 Å². The number of ketones is 1. The highest BCUT2D eigenvalue weighted by Crippen LogP contribution is 2.46. The number of nitrogens with zero attached hydrogens (tertiary/aromatic N) is 2. The number of carbonyl (C=O) groups is 6. The highest BCUT2D eigenvalue weighted by atomic mass is 16.6. The van der Waals surface area contributed by atoms with Gasteiger partial charge >= 0.3 is 24.0 Å². The Bertz CT molecular complexity index is 2480. The summed E-state index contributed by atoms with van der Waals surface area (Å²) in [7, 11) is 3.00. The number of carboxylic acids is 1. The van der Waals surface area contributed by atoms with Gasteiger partial charge in [-0.1, -0.05) is 73.3 Å². The second-order valence-corrected chi connectivity index (χ2v) is 18.2. The lowest BCUT2D eigenvalue weighted by atomic mass is 9.72. The summed E-state index contributed by atoms with van der Waals surface area (Å²) in [5, 5.41) is 11.8. The quantitative estimate of drug-likeness (QED) is 0.0452. The number of carbonyl (C=O) groups excluding carboxylic acids is 5. The number of esters is 2. The van der Waals surface area contributed by atoms with Gasteiger partial charge in [-0.15, -0.1) is 0 Å². The maximum atomic E-state index is 14.8. The summed E-state index contributed by atoms with van der Waals surface area (Å²) in [4.78, 5) is 85.1. The highest BCUT2D eigenvalue weighted by molar-refractivity contribution is 6.38. The lowest BCUT2D eigenvalue weighted by Gasteiger charge is -2.51. The van der Waals surface area contributed by atoms with Crippen LogP contribution in [0.3, 0.4) is 0 Å². The van der Waals surface area contributed by atoms with Gasteiger partial charge in [-0.25, -0.2) is 19.2 Å². The molecule has 1 aliphatic heterocycles. The molecule has 354 valence electrons. The maximum Gasteiger partial charge on any atom is 0.409 e. The molecule has 1 fully saturated rings. The van der Waals surface area contributed by atoms with E-state index in [4.69, 9.17) is 28.4 Å². The van der Waals surface area contributed by atoms with Gasteiger partial charge in [0, 0.05) is 31.0 Å². The fourth-order valence-corrected chi connectivity index (χ4v) is 8.78. The lowest BCUT2D eigenvalue weighted by Crippen LogP contribution is -2.72. The van der Waals surface area contributed by atoms with Crippen molar-refractivity contribution < 1.29 is 62.3 Å². The number of ether oxygens (including phenoxy) is 6. The minimum atomic E-state index is -2.33. The molecule has 15 nitrogen and oxygen atoms in total. The molecule has 0 saturated carbocycles. The Hall–Kier alpha value is -7.16. The van der Waals surface area contributed by atoms with Crippen molar-refractivity contribution in [2.24, 2.45) is 5.41 Å². The number of hydrogen-bond acceptors (Lipinski definition) is 12. The van der Waals surface area contributed by atoms with Crippen molar-refractivity contribution in [3.05, 3.63) is 126 Å². The molecular weight excluding hydrogens is 861 g/mol. The summed E-state index contributed by atoms with van der Waals surface area (Å²) in [6, 6.07) is 27.5. The smallest absolute Gasteiger partial charge is 0.409 e. The first-order valence-corrected chi connectivity index (χ1v) is 22.0. The van der Waals surface area contributed by atoms with Crippen molar-refractivity contribution in [1.29, 1.82) is 0 Å². The third kappa shape index (κ3) is 10.9. The predicted molar refractivity (Wildman–Crippen MR) is 247 cm³/mol. The SMILES string of the molecule is C=CC(=O)OCC(C)(C)C(=O)C(=O)N1CCN(C(=O)OCC2c3ccccc3-c3ccccc32)C[C@]1(C(=O)O)[C@H](CCc1ccc(OC)c(OC)c1)c1cccc(OCC(=O)OC(C)(C)C)c1. The molecule has 1 N–H and O–H groups in total. The van der Waals surface area contributed by atoms with Crippen molar-refractivity contribution in [1.82, 2.24) is 9.80 Å². The number of hydrogen-bond donors (Lipinski definition) is 1. The van der Waals surface area contributed by atoms with Crippen molar-refractivity contribution in [3.8, 4) is 28.4 Å². The van der Waals surface area contributed by atoms with Crippen LogP contribution in [-0.2, 0) is 44.6 Å². The van der Waals surface area contributed by atoms with Crippen LogP contribution in [0.25, 0.3) is 11.1 Å². The Labute approximate surface area is 390 Å². The van der Waals surface area contributed by atoms with Crippen molar-refractivity contribution >= 4 is 35.7 Å². The van der Waals surface area contributed by atoms with E-state index in [2.05, 4.69) is 6.58 Å². The summed E-state index contributed by atoms with van der Waals surface area (Å²) in [6.45, 7) is 9.23. The van der Waals surface area contributed by atoms with Gasteiger partial charge in [0.25, 0.3) is 5.91 Å². The molecule has 1 aliphatic carbocycles. The molecule has 6 rings (SSSR count). The van der Waals surface area contributed by atoms with Gasteiger partial charge in [0.2, 0.25) is 5.78 Å². The molecule has 15 heteroatoms. The Morgan fingerprint density at radius 1 is 0.821 bits per heavy atom. The Morgan fingerprint density at radius 2 is 1.48 bits per heavy atom. The second kappa shape index (κ2) is 20.6. The van der Waals surface area contributed by atoms with Crippen LogP contribution in [0.4, 0.5) is 4.79 Å². The van der Waals surface area contributed by atoms with Crippen LogP contribution < -0.4 is 14.2 Å². The molecule has 0 bridgehead atoms. The molecule has 0 radical (unpaired) electrons. The minimum Gasteiger partial charge on any atom is -0.493 e. The Balaban J connectivity index is 1.42. The number of Topliss-reactive ketones (excluding diaryl/α,β-unsaturated/α-hetero) is 1. The van der Waals surface area contributed by atoms with Crippen LogP contribution >= 0.6 is 0 Å². The molecule has 2 atom stereocenters. The third-order valence-electron chi connectivity index (χ3n) is 12.1. The van der Waals surface area contributed by atoms with E-state index in [1.165, 1.54) is 33.0 Å². The Morgan fingerprint density at radius 3 is 2.09 bits per heavy atom. The molecule has 2 aliphatic rings. The summed E-state index contributed by atoms with van der Waals surface area (Å²) < 4.78 is 33.6. The van der Waals surface area contributed by atoms with Gasteiger partial charge in [-0.05, 0) is 105 Å². The molecule has 67 heavy (non-hydrogen) atoms. The number of aliphatic carboxylic acids is 1. The van der Waals surface area contributed by atoms with Crippen LogP contribution in [0.15, 0.2) is 104 Å². The molecule has 0 unspecified atom stereocenters. The van der Waals surface area contributed by atoms with Crippen LogP contribution in [0.5, 0.6) is 17.2 Å². The molecule has 1 heterocycles. The van der Waals surface area contributed by atoms with Crippen LogP contribution in [0.2, 0.25) is 0 Å². The summed E-state index contributed by atoms with van der Waals surface area (Å²) >= 11 is 0. The average Bonchev–Trinajstić information content (AvgIpc) is 3.63. The molecular formula is C52H58N2O13. The second-order valence-electron chi connectivity index (χ2n) is 18.2. The molecule has 1 saturated heterocycles. The predicted octanol–water partition coefficient (Wildman–Crippen LogP) is 7.38. The largest absolute Gasteiger partial charge is 0.493 e. The van der Waals surface area contributed by atoms with E-state index in [0.29, 0.717) is 17.1 Å². The Kier molecular flexibility index (Phi) is 15.1. The van der Waals surface area contributed by atoms with Crippen LogP contribution in [-0.4, -0.2) is 115 Å². The zero-order valence-electron chi connectivity index (χ0n) is 39.0. The first kappa shape index (κ1) is 49.3. The fraction of sp³-hybridized carbons (Fsp3) is 0.385. The number of rotatable bonds is 18. The van der Waals surface area contributed by atoms with Crippen LogP contribution in [0.1, 0.15) is 75.1 Å². The van der Waals surface area contributed by atoms with E-state index in [0.717, 1.165) is 38.8 Å². The third-order valence-corrected chi connectivity index (χ3v) is 12.1. The van der Waals surface area contributed by atoms with E-state index in [1.807, 2.05) is 48.5 Å². The fourth-order valence-electron chi connectivity index (χ4n) is 8.78. The van der Waals surface area contributed by atoms with Gasteiger partial charge in [0.15, 0.2) is 23.6 Å². The number of benzene rings is 4. The number of amides is 2. The first-order valence-electron chi connectivity index (χ1n) is 22.0.